The second-order valence-corrected chi connectivity index (χ2v) is 6.71. The van der Waals surface area contributed by atoms with Crippen molar-refractivity contribution in [3.63, 3.8) is 0 Å². The van der Waals surface area contributed by atoms with Crippen molar-refractivity contribution < 1.29 is 8.42 Å². The molecule has 0 heterocycles. The number of halogens is 1. The summed E-state index contributed by atoms with van der Waals surface area (Å²) in [5.41, 5.74) is 2.23. The van der Waals surface area contributed by atoms with Crippen molar-refractivity contribution in [3.8, 4) is 0 Å². The van der Waals surface area contributed by atoms with Crippen LogP contribution in [0.15, 0.2) is 47.4 Å². The van der Waals surface area contributed by atoms with Gasteiger partial charge in [-0.3, -0.25) is 4.72 Å². The second kappa shape index (κ2) is 6.37. The lowest BCUT2D eigenvalue weighted by molar-refractivity contribution is 0.601. The van der Waals surface area contributed by atoms with E-state index in [0.717, 1.165) is 17.8 Å². The van der Waals surface area contributed by atoms with Gasteiger partial charge in [0.1, 0.15) is 0 Å². The molecule has 0 aliphatic carbocycles. The van der Waals surface area contributed by atoms with Gasteiger partial charge in [0, 0.05) is 17.3 Å². The molecular formula is C15H17ClN2O2S. The Hall–Kier alpha value is -1.72. The van der Waals surface area contributed by atoms with Crippen LogP contribution in [0.4, 0.5) is 11.4 Å². The Morgan fingerprint density at radius 1 is 1.05 bits per heavy atom. The highest BCUT2D eigenvalue weighted by Crippen LogP contribution is 2.23. The number of rotatable bonds is 5. The van der Waals surface area contributed by atoms with E-state index in [4.69, 9.17) is 11.6 Å². The summed E-state index contributed by atoms with van der Waals surface area (Å²) in [4.78, 5) is 0.209. The van der Waals surface area contributed by atoms with Crippen LogP contribution in [0.5, 0.6) is 0 Å². The van der Waals surface area contributed by atoms with E-state index in [1.165, 1.54) is 0 Å². The Labute approximate surface area is 130 Å². The van der Waals surface area contributed by atoms with Gasteiger partial charge in [-0.2, -0.15) is 0 Å². The van der Waals surface area contributed by atoms with Gasteiger partial charge in [-0.05, 0) is 55.8 Å². The number of nitrogens with one attached hydrogen (secondary N) is 2. The topological polar surface area (TPSA) is 58.2 Å². The summed E-state index contributed by atoms with van der Waals surface area (Å²) >= 11 is 6.00. The zero-order valence-corrected chi connectivity index (χ0v) is 13.4. The first kappa shape index (κ1) is 15.7. The molecule has 0 unspecified atom stereocenters. The molecule has 0 aromatic heterocycles. The fourth-order valence-corrected chi connectivity index (χ4v) is 3.06. The van der Waals surface area contributed by atoms with Crippen LogP contribution in [0.25, 0.3) is 0 Å². The Bertz CT molecular complexity index is 728. The van der Waals surface area contributed by atoms with Crippen molar-refractivity contribution in [2.45, 2.75) is 18.7 Å². The summed E-state index contributed by atoms with van der Waals surface area (Å²) in [6.45, 7) is 4.62. The molecule has 0 saturated carbocycles. The lowest BCUT2D eigenvalue weighted by atomic mass is 10.2. The summed E-state index contributed by atoms with van der Waals surface area (Å²) in [5, 5.41) is 3.64. The van der Waals surface area contributed by atoms with Gasteiger partial charge in [0.2, 0.25) is 0 Å². The first-order valence-corrected chi connectivity index (χ1v) is 8.41. The van der Waals surface area contributed by atoms with Crippen molar-refractivity contribution >= 4 is 33.0 Å². The maximum atomic E-state index is 12.3. The van der Waals surface area contributed by atoms with E-state index in [1.54, 1.807) is 42.5 Å². The Balaban J connectivity index is 2.23. The van der Waals surface area contributed by atoms with E-state index in [0.29, 0.717) is 10.7 Å². The number of hydrogen-bond donors (Lipinski definition) is 2. The van der Waals surface area contributed by atoms with E-state index in [9.17, 15) is 8.42 Å². The normalized spacial score (nSPS) is 11.2. The molecule has 0 aliphatic rings. The fraction of sp³-hybridized carbons (Fsp3) is 0.200. The number of benzene rings is 2. The molecule has 0 atom stereocenters. The molecule has 0 spiro atoms. The second-order valence-electron chi connectivity index (χ2n) is 4.62. The zero-order chi connectivity index (χ0) is 15.5. The summed E-state index contributed by atoms with van der Waals surface area (Å²) in [6, 6.07) is 11.7. The Kier molecular flexibility index (Phi) is 4.75. The molecule has 2 aromatic rings. The molecule has 112 valence electrons. The maximum absolute atomic E-state index is 12.3. The smallest absolute Gasteiger partial charge is 0.261 e. The first-order chi connectivity index (χ1) is 9.92. The molecule has 21 heavy (non-hydrogen) atoms. The predicted octanol–water partition coefficient (Wildman–Crippen LogP) is 3.88. The van der Waals surface area contributed by atoms with Crippen LogP contribution < -0.4 is 10.0 Å². The molecule has 0 fully saturated rings. The van der Waals surface area contributed by atoms with Gasteiger partial charge in [-0.25, -0.2) is 8.42 Å². The zero-order valence-electron chi connectivity index (χ0n) is 11.9. The van der Waals surface area contributed by atoms with E-state index in [-0.39, 0.29) is 4.90 Å². The minimum Gasteiger partial charge on any atom is -0.385 e. The number of hydrogen-bond acceptors (Lipinski definition) is 3. The van der Waals surface area contributed by atoms with E-state index < -0.39 is 10.0 Å². The average molecular weight is 325 g/mol. The van der Waals surface area contributed by atoms with E-state index in [2.05, 4.69) is 10.0 Å². The SMILES string of the molecule is CCNc1ccc(S(=O)(=O)Nc2ccc(C)c(Cl)c2)cc1. The molecule has 0 amide bonds. The molecule has 2 N–H and O–H groups in total. The maximum Gasteiger partial charge on any atom is 0.261 e. The standard InChI is InChI=1S/C15H17ClN2O2S/c1-3-17-12-6-8-14(9-7-12)21(19,20)18-13-5-4-11(2)15(16)10-13/h4-10,17-18H,3H2,1-2H3. The van der Waals surface area contributed by atoms with Crippen molar-refractivity contribution in [3.05, 3.63) is 53.1 Å². The third kappa shape index (κ3) is 3.89. The number of aryl methyl sites for hydroxylation is 1. The molecular weight excluding hydrogens is 308 g/mol. The lowest BCUT2D eigenvalue weighted by Crippen LogP contribution is -2.13. The van der Waals surface area contributed by atoms with E-state index >= 15 is 0 Å². The van der Waals surface area contributed by atoms with Crippen LogP contribution in [0.3, 0.4) is 0 Å². The summed E-state index contributed by atoms with van der Waals surface area (Å²) < 4.78 is 27.1. The third-order valence-corrected chi connectivity index (χ3v) is 4.77. The minimum absolute atomic E-state index is 0.209. The lowest BCUT2D eigenvalue weighted by Gasteiger charge is -2.10. The first-order valence-electron chi connectivity index (χ1n) is 6.55. The molecule has 6 heteroatoms. The quantitative estimate of drug-likeness (QED) is 0.877. The predicted molar refractivity (Wildman–Crippen MR) is 87.6 cm³/mol. The monoisotopic (exact) mass is 324 g/mol. The van der Waals surface area contributed by atoms with Crippen molar-refractivity contribution in [2.24, 2.45) is 0 Å². The fourth-order valence-electron chi connectivity index (χ4n) is 1.83. The third-order valence-electron chi connectivity index (χ3n) is 2.97. The van der Waals surface area contributed by atoms with Gasteiger partial charge in [-0.1, -0.05) is 17.7 Å². The van der Waals surface area contributed by atoms with Gasteiger partial charge in [0.15, 0.2) is 0 Å². The summed E-state index contributed by atoms with van der Waals surface area (Å²) in [6.07, 6.45) is 0. The summed E-state index contributed by atoms with van der Waals surface area (Å²) in [7, 11) is -3.61. The molecule has 4 nitrogen and oxygen atoms in total. The number of anilines is 2. The largest absolute Gasteiger partial charge is 0.385 e. The Morgan fingerprint density at radius 2 is 1.67 bits per heavy atom. The van der Waals surface area contributed by atoms with Crippen LogP contribution in [-0.4, -0.2) is 15.0 Å². The van der Waals surface area contributed by atoms with Crippen LogP contribution in [0.2, 0.25) is 5.02 Å². The van der Waals surface area contributed by atoms with Crippen molar-refractivity contribution in [1.82, 2.24) is 0 Å². The minimum atomic E-state index is -3.61. The van der Waals surface area contributed by atoms with Crippen LogP contribution in [-0.2, 0) is 10.0 Å². The average Bonchev–Trinajstić information content (AvgIpc) is 2.44. The molecule has 0 radical (unpaired) electrons. The van der Waals surface area contributed by atoms with Crippen molar-refractivity contribution in [1.29, 1.82) is 0 Å². The molecule has 0 saturated heterocycles. The molecule has 2 rings (SSSR count). The van der Waals surface area contributed by atoms with Crippen LogP contribution >= 0.6 is 11.6 Å². The highest BCUT2D eigenvalue weighted by atomic mass is 35.5. The van der Waals surface area contributed by atoms with Crippen LogP contribution in [0, 0.1) is 6.92 Å². The molecule has 0 bridgehead atoms. The summed E-state index contributed by atoms with van der Waals surface area (Å²) in [5.74, 6) is 0. The van der Waals surface area contributed by atoms with Crippen LogP contribution in [0.1, 0.15) is 12.5 Å². The van der Waals surface area contributed by atoms with Gasteiger partial charge >= 0.3 is 0 Å². The number of sulfonamides is 1. The van der Waals surface area contributed by atoms with Gasteiger partial charge in [0.25, 0.3) is 10.0 Å². The highest BCUT2D eigenvalue weighted by molar-refractivity contribution is 7.92. The molecule has 2 aromatic carbocycles. The van der Waals surface area contributed by atoms with Gasteiger partial charge in [-0.15, -0.1) is 0 Å². The van der Waals surface area contributed by atoms with E-state index in [1.807, 2.05) is 13.8 Å². The highest BCUT2D eigenvalue weighted by Gasteiger charge is 2.14. The van der Waals surface area contributed by atoms with Gasteiger partial charge in [0.05, 0.1) is 10.6 Å². The van der Waals surface area contributed by atoms with Crippen molar-refractivity contribution in [2.75, 3.05) is 16.6 Å². The molecule has 0 aliphatic heterocycles. The Morgan fingerprint density at radius 3 is 2.24 bits per heavy atom. The van der Waals surface area contributed by atoms with Gasteiger partial charge < -0.3 is 5.32 Å².